The molecule has 2 aromatic rings. The fourth-order valence-corrected chi connectivity index (χ4v) is 2.44. The lowest BCUT2D eigenvalue weighted by atomic mass is 10.1. The minimum atomic E-state index is -0.0543. The third-order valence-corrected chi connectivity index (χ3v) is 3.95. The number of hydrogen-bond acceptors (Lipinski definition) is 2. The lowest BCUT2D eigenvalue weighted by Crippen LogP contribution is -2.30. The molecule has 0 radical (unpaired) electrons. The highest BCUT2D eigenvalue weighted by molar-refractivity contribution is 9.10. The Bertz CT molecular complexity index is 628. The number of aryl methyl sites for hydroxylation is 1. The predicted octanol–water partition coefficient (Wildman–Crippen LogP) is 4.05. The van der Waals surface area contributed by atoms with Crippen LogP contribution in [0.15, 0.2) is 53.0 Å². The van der Waals surface area contributed by atoms with E-state index in [1.807, 2.05) is 30.3 Å². The Hall–Kier alpha value is -1.65. The molecule has 2 rings (SSSR count). The Morgan fingerprint density at radius 2 is 1.95 bits per heavy atom. The highest BCUT2D eigenvalue weighted by atomic mass is 79.9. The fraction of sp³-hybridized carbons (Fsp3) is 0.235. The molecule has 0 heterocycles. The van der Waals surface area contributed by atoms with Gasteiger partial charge >= 0.3 is 0 Å². The van der Waals surface area contributed by atoms with Gasteiger partial charge in [-0.25, -0.2) is 0 Å². The van der Waals surface area contributed by atoms with Gasteiger partial charge in [-0.15, -0.1) is 0 Å². The number of rotatable bonds is 5. The van der Waals surface area contributed by atoms with Gasteiger partial charge < -0.3 is 10.6 Å². The molecule has 0 aliphatic heterocycles. The Morgan fingerprint density at radius 1 is 1.19 bits per heavy atom. The largest absolute Gasteiger partial charge is 0.324 e. The molecule has 0 aliphatic carbocycles. The van der Waals surface area contributed by atoms with E-state index in [2.05, 4.69) is 58.6 Å². The summed E-state index contributed by atoms with van der Waals surface area (Å²) < 4.78 is 0.880. The van der Waals surface area contributed by atoms with Crippen LogP contribution in [0.3, 0.4) is 0 Å². The Balaban J connectivity index is 1.88. The molecule has 110 valence electrons. The average Bonchev–Trinajstić information content (AvgIpc) is 2.47. The molecule has 0 saturated carbocycles. The van der Waals surface area contributed by atoms with Crippen LogP contribution in [0.25, 0.3) is 0 Å². The van der Waals surface area contributed by atoms with Crippen molar-refractivity contribution in [2.45, 2.75) is 19.9 Å². The maximum absolute atomic E-state index is 12.0. The van der Waals surface area contributed by atoms with Crippen molar-refractivity contribution >= 4 is 27.5 Å². The zero-order chi connectivity index (χ0) is 15.2. The first kappa shape index (κ1) is 15.7. The van der Waals surface area contributed by atoms with Crippen LogP contribution >= 0.6 is 15.9 Å². The van der Waals surface area contributed by atoms with Crippen LogP contribution in [0.5, 0.6) is 0 Å². The summed E-state index contributed by atoms with van der Waals surface area (Å²) in [6.45, 7) is 4.40. The molecule has 4 heteroatoms. The second-order valence-electron chi connectivity index (χ2n) is 5.04. The number of hydrogen-bond donors (Lipinski definition) is 2. The number of halogens is 1. The highest BCUT2D eigenvalue weighted by Crippen LogP contribution is 2.21. The van der Waals surface area contributed by atoms with Crippen molar-refractivity contribution < 1.29 is 4.79 Å². The van der Waals surface area contributed by atoms with Crippen molar-refractivity contribution in [3.05, 3.63) is 64.1 Å². The van der Waals surface area contributed by atoms with Crippen molar-refractivity contribution in [3.63, 3.8) is 0 Å². The zero-order valence-corrected chi connectivity index (χ0v) is 13.8. The van der Waals surface area contributed by atoms with Gasteiger partial charge in [0, 0.05) is 10.5 Å². The van der Waals surface area contributed by atoms with E-state index in [0.29, 0.717) is 0 Å². The van der Waals surface area contributed by atoms with Gasteiger partial charge in [-0.1, -0.05) is 42.0 Å². The van der Waals surface area contributed by atoms with Crippen LogP contribution in [-0.4, -0.2) is 12.5 Å². The number of anilines is 1. The smallest absolute Gasteiger partial charge is 0.238 e. The molecule has 0 saturated heterocycles. The maximum Gasteiger partial charge on any atom is 0.238 e. The number of carbonyl (C=O) groups is 1. The molecule has 0 unspecified atom stereocenters. The minimum Gasteiger partial charge on any atom is -0.324 e. The van der Waals surface area contributed by atoms with E-state index in [1.165, 1.54) is 11.1 Å². The molecule has 1 amide bonds. The molecular weight excluding hydrogens is 328 g/mol. The lowest BCUT2D eigenvalue weighted by Gasteiger charge is -2.15. The van der Waals surface area contributed by atoms with E-state index in [4.69, 9.17) is 0 Å². The highest BCUT2D eigenvalue weighted by Gasteiger charge is 2.09. The Morgan fingerprint density at radius 3 is 2.67 bits per heavy atom. The molecule has 1 atom stereocenters. The molecule has 0 fully saturated rings. The average molecular weight is 347 g/mol. The number of para-hydroxylation sites is 1. The number of benzene rings is 2. The van der Waals surface area contributed by atoms with Crippen LogP contribution in [0, 0.1) is 6.92 Å². The van der Waals surface area contributed by atoms with Gasteiger partial charge in [0.05, 0.1) is 12.2 Å². The summed E-state index contributed by atoms with van der Waals surface area (Å²) in [6.07, 6.45) is 0. The van der Waals surface area contributed by atoms with E-state index in [-0.39, 0.29) is 18.5 Å². The van der Waals surface area contributed by atoms with Gasteiger partial charge in [-0.05, 0) is 47.5 Å². The summed E-state index contributed by atoms with van der Waals surface area (Å²) in [6, 6.07) is 16.0. The van der Waals surface area contributed by atoms with Gasteiger partial charge in [0.25, 0.3) is 0 Å². The van der Waals surface area contributed by atoms with Crippen LogP contribution in [0.2, 0.25) is 0 Å². The van der Waals surface area contributed by atoms with Gasteiger partial charge in [0.1, 0.15) is 0 Å². The van der Waals surface area contributed by atoms with Crippen molar-refractivity contribution in [2.75, 3.05) is 11.9 Å². The normalized spacial score (nSPS) is 12.0. The van der Waals surface area contributed by atoms with Crippen LogP contribution in [-0.2, 0) is 4.79 Å². The number of nitrogens with one attached hydrogen (secondary N) is 2. The third kappa shape index (κ3) is 4.69. The van der Waals surface area contributed by atoms with E-state index < -0.39 is 0 Å². The molecule has 21 heavy (non-hydrogen) atoms. The minimum absolute atomic E-state index is 0.0543. The van der Waals surface area contributed by atoms with E-state index in [0.717, 1.165) is 10.2 Å². The summed E-state index contributed by atoms with van der Waals surface area (Å²) in [5.74, 6) is -0.0543. The molecule has 2 aromatic carbocycles. The molecule has 2 N–H and O–H groups in total. The molecule has 0 aliphatic rings. The molecular formula is C17H19BrN2O. The summed E-state index contributed by atoms with van der Waals surface area (Å²) in [5.41, 5.74) is 3.19. The summed E-state index contributed by atoms with van der Waals surface area (Å²) >= 11 is 3.41. The summed E-state index contributed by atoms with van der Waals surface area (Å²) in [4.78, 5) is 12.0. The SMILES string of the molecule is Cc1cccc([C@@H](C)NCC(=O)Nc2ccccc2Br)c1. The van der Waals surface area contributed by atoms with Crippen molar-refractivity contribution in [1.82, 2.24) is 5.32 Å². The topological polar surface area (TPSA) is 41.1 Å². The van der Waals surface area contributed by atoms with E-state index in [1.54, 1.807) is 0 Å². The predicted molar refractivity (Wildman–Crippen MR) is 90.4 cm³/mol. The van der Waals surface area contributed by atoms with Gasteiger partial charge in [-0.3, -0.25) is 4.79 Å². The Labute approximate surface area is 133 Å². The number of amides is 1. The van der Waals surface area contributed by atoms with Gasteiger partial charge in [0.2, 0.25) is 5.91 Å². The quantitative estimate of drug-likeness (QED) is 0.857. The van der Waals surface area contributed by atoms with Crippen molar-refractivity contribution in [2.24, 2.45) is 0 Å². The van der Waals surface area contributed by atoms with Gasteiger partial charge in [0.15, 0.2) is 0 Å². The Kier molecular flexibility index (Phi) is 5.53. The molecule has 3 nitrogen and oxygen atoms in total. The first-order valence-electron chi connectivity index (χ1n) is 6.90. The molecule has 0 bridgehead atoms. The second kappa shape index (κ2) is 7.38. The van der Waals surface area contributed by atoms with Crippen molar-refractivity contribution in [3.8, 4) is 0 Å². The standard InChI is InChI=1S/C17H19BrN2O/c1-12-6-5-7-14(10-12)13(2)19-11-17(21)20-16-9-4-3-8-15(16)18/h3-10,13,19H,11H2,1-2H3,(H,20,21)/t13-/m1/s1. The molecule has 0 aromatic heterocycles. The number of carbonyl (C=O) groups excluding carboxylic acids is 1. The van der Waals surface area contributed by atoms with Crippen LogP contribution < -0.4 is 10.6 Å². The lowest BCUT2D eigenvalue weighted by molar-refractivity contribution is -0.115. The first-order chi connectivity index (χ1) is 10.1. The van der Waals surface area contributed by atoms with E-state index >= 15 is 0 Å². The van der Waals surface area contributed by atoms with E-state index in [9.17, 15) is 4.79 Å². The van der Waals surface area contributed by atoms with Crippen molar-refractivity contribution in [1.29, 1.82) is 0 Å². The second-order valence-corrected chi connectivity index (χ2v) is 5.90. The van der Waals surface area contributed by atoms with Gasteiger partial charge in [-0.2, -0.15) is 0 Å². The van der Waals surface area contributed by atoms with Crippen LogP contribution in [0.1, 0.15) is 24.1 Å². The molecule has 0 spiro atoms. The van der Waals surface area contributed by atoms with Crippen LogP contribution in [0.4, 0.5) is 5.69 Å². The summed E-state index contributed by atoms with van der Waals surface area (Å²) in [7, 11) is 0. The summed E-state index contributed by atoms with van der Waals surface area (Å²) in [5, 5.41) is 6.12. The monoisotopic (exact) mass is 346 g/mol. The first-order valence-corrected chi connectivity index (χ1v) is 7.70. The zero-order valence-electron chi connectivity index (χ0n) is 12.2. The third-order valence-electron chi connectivity index (χ3n) is 3.26. The fourth-order valence-electron chi connectivity index (χ4n) is 2.06. The maximum atomic E-state index is 12.0.